The Labute approximate surface area is 92.0 Å². The van der Waals surface area contributed by atoms with Gasteiger partial charge < -0.3 is 10.6 Å². The van der Waals surface area contributed by atoms with E-state index in [-0.39, 0.29) is 11.9 Å². The van der Waals surface area contributed by atoms with Crippen molar-refractivity contribution in [3.05, 3.63) is 0 Å². The molecule has 1 saturated carbocycles. The zero-order chi connectivity index (χ0) is 10.8. The third kappa shape index (κ3) is 2.94. The largest absolute Gasteiger partial charge is 0.341 e. The fourth-order valence-corrected chi connectivity index (χ4v) is 2.67. The summed E-state index contributed by atoms with van der Waals surface area (Å²) in [6, 6.07) is 0.206. The molecule has 0 spiro atoms. The highest BCUT2D eigenvalue weighted by Crippen LogP contribution is 2.37. The number of nitrogens with zero attached hydrogens (tertiary/aromatic N) is 1. The quantitative estimate of drug-likeness (QED) is 0.764. The fraction of sp³-hybridized carbons (Fsp3) is 0.917. The summed E-state index contributed by atoms with van der Waals surface area (Å²) in [7, 11) is 0. The molecule has 2 atom stereocenters. The Kier molecular flexibility index (Phi) is 3.29. The molecular weight excluding hydrogens is 188 g/mol. The summed E-state index contributed by atoms with van der Waals surface area (Å²) >= 11 is 0. The van der Waals surface area contributed by atoms with E-state index in [2.05, 4.69) is 0 Å². The first-order valence-electron chi connectivity index (χ1n) is 6.22. The summed E-state index contributed by atoms with van der Waals surface area (Å²) in [5.74, 6) is 1.88. The van der Waals surface area contributed by atoms with Crippen LogP contribution in [-0.4, -0.2) is 29.9 Å². The number of hydrogen-bond donors (Lipinski definition) is 1. The minimum atomic E-state index is 0.206. The molecule has 0 aromatic rings. The second kappa shape index (κ2) is 4.52. The Hall–Kier alpha value is -0.570. The SMILES string of the molecule is CCC(=O)N1CC(N)CC(CC2CC2)C1. The van der Waals surface area contributed by atoms with Crippen molar-refractivity contribution in [2.75, 3.05) is 13.1 Å². The Morgan fingerprint density at radius 1 is 1.33 bits per heavy atom. The van der Waals surface area contributed by atoms with Gasteiger partial charge in [0.25, 0.3) is 0 Å². The van der Waals surface area contributed by atoms with Crippen molar-refractivity contribution >= 4 is 5.91 Å². The van der Waals surface area contributed by atoms with E-state index in [1.807, 2.05) is 11.8 Å². The second-order valence-electron chi connectivity index (χ2n) is 5.19. The van der Waals surface area contributed by atoms with Crippen molar-refractivity contribution < 1.29 is 4.79 Å². The van der Waals surface area contributed by atoms with Crippen LogP contribution in [0.15, 0.2) is 0 Å². The van der Waals surface area contributed by atoms with Crippen LogP contribution in [0.25, 0.3) is 0 Å². The van der Waals surface area contributed by atoms with Gasteiger partial charge in [0.1, 0.15) is 0 Å². The molecule has 2 rings (SSSR count). The average molecular weight is 210 g/mol. The lowest BCUT2D eigenvalue weighted by atomic mass is 9.90. The minimum absolute atomic E-state index is 0.206. The molecule has 2 unspecified atom stereocenters. The standard InChI is InChI=1S/C12H22N2O/c1-2-12(15)14-7-10(5-9-3-4-9)6-11(13)8-14/h9-11H,2-8,13H2,1H3. The maximum absolute atomic E-state index is 11.6. The Morgan fingerprint density at radius 2 is 2.07 bits per heavy atom. The van der Waals surface area contributed by atoms with E-state index in [9.17, 15) is 4.79 Å². The summed E-state index contributed by atoms with van der Waals surface area (Å²) in [4.78, 5) is 13.6. The lowest BCUT2D eigenvalue weighted by molar-refractivity contribution is -0.133. The van der Waals surface area contributed by atoms with Crippen molar-refractivity contribution in [3.63, 3.8) is 0 Å². The van der Waals surface area contributed by atoms with E-state index in [0.29, 0.717) is 12.3 Å². The fourth-order valence-electron chi connectivity index (χ4n) is 2.67. The summed E-state index contributed by atoms with van der Waals surface area (Å²) in [5.41, 5.74) is 6.01. The smallest absolute Gasteiger partial charge is 0.222 e. The van der Waals surface area contributed by atoms with Crippen LogP contribution >= 0.6 is 0 Å². The third-order valence-corrected chi connectivity index (χ3v) is 3.59. The molecule has 3 nitrogen and oxygen atoms in total. The van der Waals surface area contributed by atoms with Crippen LogP contribution in [0.5, 0.6) is 0 Å². The first-order valence-corrected chi connectivity index (χ1v) is 6.22. The maximum atomic E-state index is 11.6. The van der Waals surface area contributed by atoms with Gasteiger partial charge in [-0.05, 0) is 24.7 Å². The van der Waals surface area contributed by atoms with Gasteiger partial charge in [-0.25, -0.2) is 0 Å². The lowest BCUT2D eigenvalue weighted by Crippen LogP contribution is -2.49. The minimum Gasteiger partial charge on any atom is -0.341 e. The molecule has 0 radical (unpaired) electrons. The van der Waals surface area contributed by atoms with E-state index >= 15 is 0 Å². The van der Waals surface area contributed by atoms with Crippen molar-refractivity contribution in [2.45, 2.75) is 45.1 Å². The molecule has 1 saturated heterocycles. The van der Waals surface area contributed by atoms with Crippen LogP contribution in [0, 0.1) is 11.8 Å². The first kappa shape index (κ1) is 10.9. The molecule has 1 amide bonds. The average Bonchev–Trinajstić information content (AvgIpc) is 2.99. The highest BCUT2D eigenvalue weighted by atomic mass is 16.2. The Balaban J connectivity index is 1.87. The summed E-state index contributed by atoms with van der Waals surface area (Å²) in [6.45, 7) is 3.66. The molecule has 2 N–H and O–H groups in total. The zero-order valence-corrected chi connectivity index (χ0v) is 9.61. The van der Waals surface area contributed by atoms with Gasteiger partial charge in [0, 0.05) is 25.6 Å². The summed E-state index contributed by atoms with van der Waals surface area (Å²) in [5, 5.41) is 0. The second-order valence-corrected chi connectivity index (χ2v) is 5.19. The van der Waals surface area contributed by atoms with Gasteiger partial charge >= 0.3 is 0 Å². The van der Waals surface area contributed by atoms with Crippen molar-refractivity contribution in [2.24, 2.45) is 17.6 Å². The van der Waals surface area contributed by atoms with Crippen LogP contribution < -0.4 is 5.73 Å². The predicted molar refractivity (Wildman–Crippen MR) is 60.3 cm³/mol. The monoisotopic (exact) mass is 210 g/mol. The number of piperidine rings is 1. The normalized spacial score (nSPS) is 31.7. The number of likely N-dealkylation sites (tertiary alicyclic amines) is 1. The highest BCUT2D eigenvalue weighted by Gasteiger charge is 2.32. The van der Waals surface area contributed by atoms with E-state index in [1.54, 1.807) is 0 Å². The van der Waals surface area contributed by atoms with Crippen LogP contribution in [0.1, 0.15) is 39.0 Å². The van der Waals surface area contributed by atoms with Gasteiger partial charge in [0.2, 0.25) is 5.91 Å². The molecule has 3 heteroatoms. The van der Waals surface area contributed by atoms with Gasteiger partial charge in [-0.15, -0.1) is 0 Å². The third-order valence-electron chi connectivity index (χ3n) is 3.59. The number of hydrogen-bond acceptors (Lipinski definition) is 2. The van der Waals surface area contributed by atoms with Crippen LogP contribution in [0.3, 0.4) is 0 Å². The molecule has 15 heavy (non-hydrogen) atoms. The van der Waals surface area contributed by atoms with Gasteiger partial charge in [-0.3, -0.25) is 4.79 Å². The van der Waals surface area contributed by atoms with Gasteiger partial charge in [-0.1, -0.05) is 19.8 Å². The molecule has 2 aliphatic rings. The predicted octanol–water partition coefficient (Wildman–Crippen LogP) is 1.37. The van der Waals surface area contributed by atoms with Gasteiger partial charge in [-0.2, -0.15) is 0 Å². The maximum Gasteiger partial charge on any atom is 0.222 e. The number of rotatable bonds is 3. The molecule has 1 aliphatic carbocycles. The lowest BCUT2D eigenvalue weighted by Gasteiger charge is -2.36. The Morgan fingerprint density at radius 3 is 2.67 bits per heavy atom. The molecule has 1 aliphatic heterocycles. The van der Waals surface area contributed by atoms with Crippen LogP contribution in [0.2, 0.25) is 0 Å². The van der Waals surface area contributed by atoms with E-state index in [4.69, 9.17) is 5.73 Å². The molecule has 0 bridgehead atoms. The topological polar surface area (TPSA) is 46.3 Å². The molecule has 2 fully saturated rings. The molecular formula is C12H22N2O. The van der Waals surface area contributed by atoms with Gasteiger partial charge in [0.05, 0.1) is 0 Å². The molecule has 1 heterocycles. The number of carbonyl (C=O) groups excluding carboxylic acids is 1. The van der Waals surface area contributed by atoms with E-state index in [1.165, 1.54) is 19.3 Å². The summed E-state index contributed by atoms with van der Waals surface area (Å²) < 4.78 is 0. The van der Waals surface area contributed by atoms with Crippen molar-refractivity contribution in [1.82, 2.24) is 4.90 Å². The highest BCUT2D eigenvalue weighted by molar-refractivity contribution is 5.76. The van der Waals surface area contributed by atoms with E-state index < -0.39 is 0 Å². The van der Waals surface area contributed by atoms with Crippen LogP contribution in [0.4, 0.5) is 0 Å². The Bertz CT molecular complexity index is 236. The number of nitrogens with two attached hydrogens (primary N) is 1. The van der Waals surface area contributed by atoms with Crippen molar-refractivity contribution in [3.8, 4) is 0 Å². The van der Waals surface area contributed by atoms with Crippen molar-refractivity contribution in [1.29, 1.82) is 0 Å². The zero-order valence-electron chi connectivity index (χ0n) is 9.61. The van der Waals surface area contributed by atoms with E-state index in [0.717, 1.165) is 25.4 Å². The first-order chi connectivity index (χ1) is 7.19. The summed E-state index contributed by atoms with van der Waals surface area (Å²) in [6.07, 6.45) is 5.81. The number of amides is 1. The molecule has 86 valence electrons. The molecule has 0 aromatic heterocycles. The number of carbonyl (C=O) groups is 1. The van der Waals surface area contributed by atoms with Crippen LogP contribution in [-0.2, 0) is 4.79 Å². The molecule has 0 aromatic carbocycles. The van der Waals surface area contributed by atoms with Gasteiger partial charge in [0.15, 0.2) is 0 Å².